The van der Waals surface area contributed by atoms with Crippen molar-refractivity contribution in [1.82, 2.24) is 0 Å². The molecule has 2 N–H and O–H groups in total. The molecule has 18 heavy (non-hydrogen) atoms. The van der Waals surface area contributed by atoms with Crippen molar-refractivity contribution in [3.63, 3.8) is 0 Å². The van der Waals surface area contributed by atoms with Gasteiger partial charge in [-0.1, -0.05) is 6.42 Å². The van der Waals surface area contributed by atoms with E-state index in [1.165, 1.54) is 6.42 Å². The van der Waals surface area contributed by atoms with E-state index in [9.17, 15) is 4.79 Å². The van der Waals surface area contributed by atoms with Crippen molar-refractivity contribution in [3.05, 3.63) is 30.0 Å². The Balaban J connectivity index is 1.74. The second-order valence-corrected chi connectivity index (χ2v) is 4.80. The minimum atomic E-state index is -0.392. The molecule has 1 heterocycles. The van der Waals surface area contributed by atoms with E-state index in [-0.39, 0.29) is 5.76 Å². The van der Waals surface area contributed by atoms with Gasteiger partial charge in [0.1, 0.15) is 5.58 Å². The Kier molecular flexibility index (Phi) is 2.70. The highest BCUT2D eigenvalue weighted by molar-refractivity contribution is 5.93. The highest BCUT2D eigenvalue weighted by Crippen LogP contribution is 2.27. The molecule has 0 spiro atoms. The lowest BCUT2D eigenvalue weighted by atomic mass is 9.86. The summed E-state index contributed by atoms with van der Waals surface area (Å²) in [6.45, 7) is 0.498. The van der Waals surface area contributed by atoms with Crippen LogP contribution in [0.25, 0.3) is 11.0 Å². The number of esters is 1. The molecule has 4 nitrogen and oxygen atoms in total. The Hall–Kier alpha value is -1.97. The number of carbonyl (C=O) groups excluding carboxylic acids is 1. The van der Waals surface area contributed by atoms with Crippen molar-refractivity contribution in [1.29, 1.82) is 0 Å². The average molecular weight is 245 g/mol. The number of benzene rings is 1. The van der Waals surface area contributed by atoms with Crippen molar-refractivity contribution in [3.8, 4) is 0 Å². The van der Waals surface area contributed by atoms with E-state index in [0.717, 1.165) is 18.2 Å². The lowest BCUT2D eigenvalue weighted by Crippen LogP contribution is -2.19. The third-order valence-corrected chi connectivity index (χ3v) is 3.42. The number of hydrogen-bond acceptors (Lipinski definition) is 4. The van der Waals surface area contributed by atoms with Gasteiger partial charge in [-0.15, -0.1) is 0 Å². The number of rotatable bonds is 3. The summed E-state index contributed by atoms with van der Waals surface area (Å²) in [5.74, 6) is 0.389. The van der Waals surface area contributed by atoms with Crippen molar-refractivity contribution >= 4 is 22.6 Å². The summed E-state index contributed by atoms with van der Waals surface area (Å²) in [7, 11) is 0. The Bertz CT molecular complexity index is 584. The average Bonchev–Trinajstić information content (AvgIpc) is 2.69. The van der Waals surface area contributed by atoms with E-state index in [1.54, 1.807) is 24.3 Å². The number of nitrogens with two attached hydrogens (primary N) is 1. The smallest absolute Gasteiger partial charge is 0.374 e. The minimum absolute atomic E-state index is 0.245. The van der Waals surface area contributed by atoms with E-state index in [0.29, 0.717) is 23.8 Å². The van der Waals surface area contributed by atoms with Gasteiger partial charge in [0.2, 0.25) is 5.76 Å². The summed E-state index contributed by atoms with van der Waals surface area (Å²) in [5, 5.41) is 0.825. The molecule has 1 saturated carbocycles. The first-order valence-electron chi connectivity index (χ1n) is 6.18. The van der Waals surface area contributed by atoms with Crippen LogP contribution >= 0.6 is 0 Å². The highest BCUT2D eigenvalue weighted by Gasteiger charge is 2.21. The minimum Gasteiger partial charge on any atom is -0.460 e. The van der Waals surface area contributed by atoms with E-state index in [2.05, 4.69) is 0 Å². The molecule has 0 bridgehead atoms. The maximum atomic E-state index is 11.8. The second kappa shape index (κ2) is 4.37. The third kappa shape index (κ3) is 2.06. The number of nitrogen functional groups attached to an aromatic ring is 1. The zero-order chi connectivity index (χ0) is 12.5. The van der Waals surface area contributed by atoms with Crippen molar-refractivity contribution in [2.45, 2.75) is 19.3 Å². The van der Waals surface area contributed by atoms with Gasteiger partial charge >= 0.3 is 5.97 Å². The topological polar surface area (TPSA) is 65.5 Å². The number of hydrogen-bond donors (Lipinski definition) is 1. The largest absolute Gasteiger partial charge is 0.460 e. The second-order valence-electron chi connectivity index (χ2n) is 4.80. The first-order valence-corrected chi connectivity index (χ1v) is 6.18. The van der Waals surface area contributed by atoms with Gasteiger partial charge < -0.3 is 14.9 Å². The van der Waals surface area contributed by atoms with Crippen LogP contribution in [-0.4, -0.2) is 12.6 Å². The van der Waals surface area contributed by atoms with Gasteiger partial charge in [-0.25, -0.2) is 4.79 Å². The van der Waals surface area contributed by atoms with Crippen LogP contribution in [0.4, 0.5) is 5.69 Å². The molecular weight excluding hydrogens is 230 g/mol. The zero-order valence-electron chi connectivity index (χ0n) is 10.0. The number of anilines is 1. The van der Waals surface area contributed by atoms with Gasteiger partial charge in [-0.05, 0) is 43.0 Å². The summed E-state index contributed by atoms with van der Waals surface area (Å²) in [6.07, 6.45) is 3.56. The molecule has 94 valence electrons. The molecule has 0 saturated heterocycles. The zero-order valence-corrected chi connectivity index (χ0v) is 10.0. The summed E-state index contributed by atoms with van der Waals surface area (Å²) in [6, 6.07) is 6.96. The molecule has 0 unspecified atom stereocenters. The number of ether oxygens (including phenoxy) is 1. The molecule has 0 aliphatic heterocycles. The molecule has 2 aromatic rings. The summed E-state index contributed by atoms with van der Waals surface area (Å²) < 4.78 is 10.7. The van der Waals surface area contributed by atoms with E-state index in [1.807, 2.05) is 0 Å². The van der Waals surface area contributed by atoms with Crippen LogP contribution in [0.3, 0.4) is 0 Å². The molecule has 3 rings (SSSR count). The van der Waals surface area contributed by atoms with Crippen LogP contribution in [0.15, 0.2) is 28.7 Å². The van der Waals surface area contributed by atoms with Crippen LogP contribution in [-0.2, 0) is 4.74 Å². The molecule has 0 radical (unpaired) electrons. The molecule has 1 aliphatic carbocycles. The Morgan fingerprint density at radius 1 is 1.39 bits per heavy atom. The lowest BCUT2D eigenvalue weighted by Gasteiger charge is -2.24. The van der Waals surface area contributed by atoms with Crippen LogP contribution in [0.1, 0.15) is 29.8 Å². The standard InChI is InChI=1S/C14H15NO3/c15-11-4-5-12-10(6-11)7-13(18-12)14(16)17-8-9-2-1-3-9/h4-7,9H,1-3,8,15H2. The maximum absolute atomic E-state index is 11.8. The van der Waals surface area contributed by atoms with Gasteiger partial charge in [-0.2, -0.15) is 0 Å². The van der Waals surface area contributed by atoms with Gasteiger partial charge in [0.15, 0.2) is 0 Å². The van der Waals surface area contributed by atoms with Crippen molar-refractivity contribution in [2.24, 2.45) is 5.92 Å². The van der Waals surface area contributed by atoms with Crippen LogP contribution < -0.4 is 5.73 Å². The van der Waals surface area contributed by atoms with E-state index >= 15 is 0 Å². The summed E-state index contributed by atoms with van der Waals surface area (Å²) in [4.78, 5) is 11.8. The molecule has 4 heteroatoms. The van der Waals surface area contributed by atoms with Gasteiger partial charge in [0, 0.05) is 11.1 Å². The van der Waals surface area contributed by atoms with Crippen LogP contribution in [0, 0.1) is 5.92 Å². The molecule has 0 amide bonds. The molecule has 1 aromatic heterocycles. The summed E-state index contributed by atoms with van der Waals surface area (Å²) >= 11 is 0. The monoisotopic (exact) mass is 245 g/mol. The van der Waals surface area contributed by atoms with Gasteiger partial charge in [0.25, 0.3) is 0 Å². The SMILES string of the molecule is Nc1ccc2oc(C(=O)OCC3CCC3)cc2c1. The third-order valence-electron chi connectivity index (χ3n) is 3.42. The van der Waals surface area contributed by atoms with E-state index in [4.69, 9.17) is 14.9 Å². The van der Waals surface area contributed by atoms with Crippen LogP contribution in [0.5, 0.6) is 0 Å². The van der Waals surface area contributed by atoms with Gasteiger partial charge in [-0.3, -0.25) is 0 Å². The number of carbonyl (C=O) groups is 1. The maximum Gasteiger partial charge on any atom is 0.374 e. The predicted molar refractivity (Wildman–Crippen MR) is 68.2 cm³/mol. The Morgan fingerprint density at radius 3 is 2.94 bits per heavy atom. The molecule has 0 atom stereocenters. The van der Waals surface area contributed by atoms with E-state index < -0.39 is 5.97 Å². The van der Waals surface area contributed by atoms with Crippen molar-refractivity contribution in [2.75, 3.05) is 12.3 Å². The molecule has 1 aliphatic rings. The fourth-order valence-corrected chi connectivity index (χ4v) is 2.09. The fourth-order valence-electron chi connectivity index (χ4n) is 2.09. The Labute approximate surface area is 105 Å². The highest BCUT2D eigenvalue weighted by atomic mass is 16.5. The van der Waals surface area contributed by atoms with Crippen molar-refractivity contribution < 1.29 is 13.9 Å². The first kappa shape index (κ1) is 11.1. The molecule has 1 fully saturated rings. The summed E-state index contributed by atoms with van der Waals surface area (Å²) in [5.41, 5.74) is 6.98. The normalized spacial score (nSPS) is 15.6. The molecule has 1 aromatic carbocycles. The molecular formula is C14H15NO3. The van der Waals surface area contributed by atoms with Crippen LogP contribution in [0.2, 0.25) is 0 Å². The van der Waals surface area contributed by atoms with Gasteiger partial charge in [0.05, 0.1) is 6.61 Å². The fraction of sp³-hybridized carbons (Fsp3) is 0.357. The lowest BCUT2D eigenvalue weighted by molar-refractivity contribution is 0.0339. The predicted octanol–water partition coefficient (Wildman–Crippen LogP) is 2.97. The number of fused-ring (bicyclic) bond motifs is 1. The number of furan rings is 1. The quantitative estimate of drug-likeness (QED) is 0.667. The first-order chi connectivity index (χ1) is 8.72. The Morgan fingerprint density at radius 2 is 2.22 bits per heavy atom.